The monoisotopic (exact) mass is 389 g/mol. The molecule has 28 heavy (non-hydrogen) atoms. The summed E-state index contributed by atoms with van der Waals surface area (Å²) in [5.41, 5.74) is 0.852. The Kier molecular flexibility index (Phi) is 5.29. The number of aromatic nitrogens is 5. The molecule has 0 aromatic carbocycles. The van der Waals surface area contributed by atoms with Gasteiger partial charge in [0.25, 0.3) is 12.3 Å². The molecule has 0 unspecified atom stereocenters. The SMILES string of the molecule is O=C(NC1CCC(NCC(F)F)CC1)c1nc(-n2ccnc2)cc2cn[nH]c12. The first-order valence-corrected chi connectivity index (χ1v) is 9.25. The van der Waals surface area contributed by atoms with Gasteiger partial charge in [0.1, 0.15) is 12.1 Å². The van der Waals surface area contributed by atoms with E-state index in [0.717, 1.165) is 31.1 Å². The van der Waals surface area contributed by atoms with Crippen molar-refractivity contribution in [1.82, 2.24) is 35.4 Å². The Morgan fingerprint density at radius 2 is 2.07 bits per heavy atom. The Morgan fingerprint density at radius 3 is 2.79 bits per heavy atom. The largest absolute Gasteiger partial charge is 0.348 e. The fraction of sp³-hybridized carbons (Fsp3) is 0.444. The van der Waals surface area contributed by atoms with Crippen molar-refractivity contribution in [3.8, 4) is 5.82 Å². The van der Waals surface area contributed by atoms with Gasteiger partial charge in [0.05, 0.1) is 18.3 Å². The lowest BCUT2D eigenvalue weighted by Crippen LogP contribution is -2.43. The average Bonchev–Trinajstić information content (AvgIpc) is 3.38. The van der Waals surface area contributed by atoms with Gasteiger partial charge < -0.3 is 10.6 Å². The van der Waals surface area contributed by atoms with E-state index in [1.807, 2.05) is 6.07 Å². The molecular weight excluding hydrogens is 368 g/mol. The van der Waals surface area contributed by atoms with E-state index in [4.69, 9.17) is 0 Å². The number of imidazole rings is 1. The Hall–Kier alpha value is -2.88. The molecule has 3 aromatic heterocycles. The number of hydrogen-bond acceptors (Lipinski definition) is 5. The van der Waals surface area contributed by atoms with E-state index in [0.29, 0.717) is 11.3 Å². The first kappa shape index (κ1) is 18.5. The van der Waals surface area contributed by atoms with E-state index < -0.39 is 6.43 Å². The second-order valence-electron chi connectivity index (χ2n) is 6.95. The van der Waals surface area contributed by atoms with Gasteiger partial charge in [-0.2, -0.15) is 5.10 Å². The summed E-state index contributed by atoms with van der Waals surface area (Å²) in [5.74, 6) is 0.302. The molecule has 0 bridgehead atoms. The van der Waals surface area contributed by atoms with Crippen molar-refractivity contribution in [1.29, 1.82) is 0 Å². The maximum atomic E-state index is 12.9. The van der Waals surface area contributed by atoms with E-state index in [9.17, 15) is 13.6 Å². The molecule has 1 aliphatic rings. The van der Waals surface area contributed by atoms with Crippen LogP contribution in [0.4, 0.5) is 8.78 Å². The molecule has 1 fully saturated rings. The van der Waals surface area contributed by atoms with Crippen LogP contribution < -0.4 is 10.6 Å². The molecule has 10 heteroatoms. The summed E-state index contributed by atoms with van der Waals surface area (Å²) in [6.45, 7) is -0.287. The molecule has 0 aliphatic heterocycles. The van der Waals surface area contributed by atoms with Crippen LogP contribution in [-0.4, -0.2) is 55.7 Å². The zero-order valence-corrected chi connectivity index (χ0v) is 15.1. The highest BCUT2D eigenvalue weighted by molar-refractivity contribution is 6.04. The fourth-order valence-electron chi connectivity index (χ4n) is 3.58. The number of fused-ring (bicyclic) bond motifs is 1. The van der Waals surface area contributed by atoms with Crippen LogP contribution in [0.5, 0.6) is 0 Å². The summed E-state index contributed by atoms with van der Waals surface area (Å²) in [7, 11) is 0. The predicted molar refractivity (Wildman–Crippen MR) is 98.5 cm³/mol. The van der Waals surface area contributed by atoms with Gasteiger partial charge in [0, 0.05) is 29.9 Å². The molecule has 3 heterocycles. The van der Waals surface area contributed by atoms with Crippen LogP contribution in [-0.2, 0) is 0 Å². The van der Waals surface area contributed by atoms with E-state index in [1.165, 1.54) is 0 Å². The van der Waals surface area contributed by atoms with Gasteiger partial charge in [-0.25, -0.2) is 18.7 Å². The number of aromatic amines is 1. The van der Waals surface area contributed by atoms with Gasteiger partial charge >= 0.3 is 0 Å². The van der Waals surface area contributed by atoms with Gasteiger partial charge in [-0.3, -0.25) is 14.5 Å². The Morgan fingerprint density at radius 1 is 1.29 bits per heavy atom. The van der Waals surface area contributed by atoms with Crippen LogP contribution >= 0.6 is 0 Å². The molecule has 1 amide bonds. The second-order valence-corrected chi connectivity index (χ2v) is 6.95. The topological polar surface area (TPSA) is 101 Å². The minimum atomic E-state index is -2.34. The van der Waals surface area contributed by atoms with Crippen LogP contribution in [0.2, 0.25) is 0 Å². The van der Waals surface area contributed by atoms with Crippen LogP contribution in [0.3, 0.4) is 0 Å². The average molecular weight is 389 g/mol. The first-order chi connectivity index (χ1) is 13.6. The summed E-state index contributed by atoms with van der Waals surface area (Å²) in [6, 6.07) is 1.90. The summed E-state index contributed by atoms with van der Waals surface area (Å²) >= 11 is 0. The number of H-pyrrole nitrogens is 1. The zero-order chi connectivity index (χ0) is 19.5. The molecule has 0 radical (unpaired) electrons. The summed E-state index contributed by atoms with van der Waals surface area (Å²) in [4.78, 5) is 21.4. The smallest absolute Gasteiger partial charge is 0.272 e. The molecule has 1 saturated carbocycles. The van der Waals surface area contributed by atoms with Crippen molar-refractivity contribution in [3.63, 3.8) is 0 Å². The first-order valence-electron chi connectivity index (χ1n) is 9.25. The molecule has 1 aliphatic carbocycles. The van der Waals surface area contributed by atoms with E-state index in [-0.39, 0.29) is 30.2 Å². The molecule has 4 rings (SSSR count). The number of carbonyl (C=O) groups excluding carboxylic acids is 1. The highest BCUT2D eigenvalue weighted by Crippen LogP contribution is 2.21. The van der Waals surface area contributed by atoms with E-state index in [2.05, 4.69) is 30.8 Å². The lowest BCUT2D eigenvalue weighted by atomic mass is 9.91. The van der Waals surface area contributed by atoms with Crippen LogP contribution in [0.15, 0.2) is 31.0 Å². The number of nitrogens with one attached hydrogen (secondary N) is 3. The third kappa shape index (κ3) is 4.01. The number of hydrogen-bond donors (Lipinski definition) is 3. The number of carbonyl (C=O) groups is 1. The maximum Gasteiger partial charge on any atom is 0.272 e. The summed E-state index contributed by atoms with van der Waals surface area (Å²) in [5, 5.41) is 13.5. The Labute approximate surface area is 159 Å². The third-order valence-corrected chi connectivity index (χ3v) is 5.02. The summed E-state index contributed by atoms with van der Waals surface area (Å²) < 4.78 is 26.4. The number of pyridine rings is 1. The van der Waals surface area contributed by atoms with E-state index in [1.54, 1.807) is 29.5 Å². The minimum absolute atomic E-state index is 0.00577. The number of nitrogens with zero attached hydrogens (tertiary/aromatic N) is 4. The molecular formula is C18H21F2N7O. The molecule has 148 valence electrons. The lowest BCUT2D eigenvalue weighted by molar-refractivity contribution is 0.0919. The number of alkyl halides is 2. The van der Waals surface area contributed by atoms with Crippen molar-refractivity contribution in [2.24, 2.45) is 0 Å². The highest BCUT2D eigenvalue weighted by atomic mass is 19.3. The van der Waals surface area contributed by atoms with Crippen molar-refractivity contribution >= 4 is 16.8 Å². The second kappa shape index (κ2) is 8.01. The molecule has 3 N–H and O–H groups in total. The molecule has 0 atom stereocenters. The minimum Gasteiger partial charge on any atom is -0.348 e. The lowest BCUT2D eigenvalue weighted by Gasteiger charge is -2.29. The van der Waals surface area contributed by atoms with Gasteiger partial charge in [-0.15, -0.1) is 0 Å². The molecule has 0 spiro atoms. The standard InChI is InChI=1S/C18H21F2N7O/c19-14(20)9-22-12-1-3-13(4-2-12)24-18(28)17-16-11(8-23-26-16)7-15(25-17)27-6-5-21-10-27/h5-8,10,12-14,22H,1-4,9H2,(H,23,26)(H,24,28). The number of rotatable bonds is 6. The Bertz CT molecular complexity index is 933. The van der Waals surface area contributed by atoms with Gasteiger partial charge in [0.15, 0.2) is 5.69 Å². The predicted octanol–water partition coefficient (Wildman–Crippen LogP) is 2.04. The van der Waals surface area contributed by atoms with Gasteiger partial charge in [-0.05, 0) is 31.7 Å². The van der Waals surface area contributed by atoms with Crippen LogP contribution in [0.25, 0.3) is 16.7 Å². The Balaban J connectivity index is 1.45. The number of amides is 1. The summed E-state index contributed by atoms with van der Waals surface area (Å²) in [6.07, 6.45) is 7.28. The van der Waals surface area contributed by atoms with Crippen molar-refractivity contribution < 1.29 is 13.6 Å². The molecule has 3 aromatic rings. The van der Waals surface area contributed by atoms with Crippen molar-refractivity contribution in [3.05, 3.63) is 36.7 Å². The quantitative estimate of drug-likeness (QED) is 0.599. The van der Waals surface area contributed by atoms with Crippen molar-refractivity contribution in [2.75, 3.05) is 6.54 Å². The van der Waals surface area contributed by atoms with Crippen molar-refractivity contribution in [2.45, 2.75) is 44.2 Å². The highest BCUT2D eigenvalue weighted by Gasteiger charge is 2.25. The molecule has 0 saturated heterocycles. The normalized spacial score (nSPS) is 20.0. The maximum absolute atomic E-state index is 12.9. The third-order valence-electron chi connectivity index (χ3n) is 5.02. The van der Waals surface area contributed by atoms with Crippen LogP contribution in [0.1, 0.15) is 36.2 Å². The van der Waals surface area contributed by atoms with Gasteiger partial charge in [0.2, 0.25) is 0 Å². The van der Waals surface area contributed by atoms with E-state index >= 15 is 0 Å². The van der Waals surface area contributed by atoms with Crippen LogP contribution in [0, 0.1) is 0 Å². The number of halogens is 2. The zero-order valence-electron chi connectivity index (χ0n) is 15.1. The fourth-order valence-corrected chi connectivity index (χ4v) is 3.58. The van der Waals surface area contributed by atoms with Gasteiger partial charge in [-0.1, -0.05) is 0 Å². The molecule has 8 nitrogen and oxygen atoms in total.